The van der Waals surface area contributed by atoms with Crippen molar-refractivity contribution in [2.24, 2.45) is 11.8 Å². The highest BCUT2D eigenvalue weighted by molar-refractivity contribution is 7.88. The predicted octanol–water partition coefficient (Wildman–Crippen LogP) is 0.615. The van der Waals surface area contributed by atoms with Gasteiger partial charge < -0.3 is 5.32 Å². The first-order valence-electron chi connectivity index (χ1n) is 7.09. The first kappa shape index (κ1) is 14.9. The molecule has 2 aliphatic rings. The average molecular weight is 288 g/mol. The Kier molecular flexibility index (Phi) is 4.63. The molecular formula is C13H24N2O3S. The third-order valence-corrected chi connectivity index (χ3v) is 5.65. The van der Waals surface area contributed by atoms with Crippen LogP contribution in [0.15, 0.2) is 0 Å². The Balaban J connectivity index is 1.90. The minimum absolute atomic E-state index is 0.119. The maximum absolute atomic E-state index is 12.3. The van der Waals surface area contributed by atoms with Gasteiger partial charge in [0.2, 0.25) is 10.0 Å². The summed E-state index contributed by atoms with van der Waals surface area (Å²) in [4.78, 5) is 12.3. The molecule has 0 bridgehead atoms. The van der Waals surface area contributed by atoms with Crippen molar-refractivity contribution in [1.82, 2.24) is 9.62 Å². The summed E-state index contributed by atoms with van der Waals surface area (Å²) in [5.74, 6) is 0.621. The van der Waals surface area contributed by atoms with E-state index in [0.29, 0.717) is 25.3 Å². The molecule has 0 aromatic rings. The fourth-order valence-electron chi connectivity index (χ4n) is 3.23. The molecule has 0 aromatic carbocycles. The van der Waals surface area contributed by atoms with E-state index in [4.69, 9.17) is 0 Å². The highest BCUT2D eigenvalue weighted by atomic mass is 32.2. The smallest absolute Gasteiger partial charge is 0.211 e. The molecule has 0 amide bonds. The van der Waals surface area contributed by atoms with Crippen molar-refractivity contribution in [2.75, 3.05) is 25.9 Å². The molecule has 110 valence electrons. The van der Waals surface area contributed by atoms with Crippen molar-refractivity contribution < 1.29 is 13.2 Å². The summed E-state index contributed by atoms with van der Waals surface area (Å²) in [7, 11) is -3.11. The van der Waals surface area contributed by atoms with Crippen LogP contribution in [-0.4, -0.2) is 50.4 Å². The second-order valence-electron chi connectivity index (χ2n) is 5.94. The second kappa shape index (κ2) is 5.89. The average Bonchev–Trinajstić information content (AvgIpc) is 2.75. The molecule has 0 saturated carbocycles. The number of hydrogen-bond donors (Lipinski definition) is 1. The highest BCUT2D eigenvalue weighted by Gasteiger charge is 2.33. The second-order valence-corrected chi connectivity index (χ2v) is 7.92. The standard InChI is InChI=1S/C13H24N2O3S/c1-10-12(5-6-14-10)13(16)8-11-4-3-7-15(9-11)19(2,17)18/h10-12,14H,3-9H2,1-2H3. The minimum Gasteiger partial charge on any atom is -0.314 e. The molecule has 3 unspecified atom stereocenters. The molecule has 0 radical (unpaired) electrons. The Morgan fingerprint density at radius 1 is 1.37 bits per heavy atom. The highest BCUT2D eigenvalue weighted by Crippen LogP contribution is 2.25. The van der Waals surface area contributed by atoms with Gasteiger partial charge in [0.15, 0.2) is 0 Å². The quantitative estimate of drug-likeness (QED) is 0.823. The molecular weight excluding hydrogens is 264 g/mol. The fourth-order valence-corrected chi connectivity index (χ4v) is 4.17. The zero-order chi connectivity index (χ0) is 14.0. The van der Waals surface area contributed by atoms with Crippen LogP contribution in [0.3, 0.4) is 0 Å². The van der Waals surface area contributed by atoms with Gasteiger partial charge >= 0.3 is 0 Å². The monoisotopic (exact) mass is 288 g/mol. The van der Waals surface area contributed by atoms with Crippen LogP contribution in [0.5, 0.6) is 0 Å². The number of Topliss-reactive ketones (excluding diaryl/α,β-unsaturated/α-hetero) is 1. The van der Waals surface area contributed by atoms with Crippen molar-refractivity contribution in [3.63, 3.8) is 0 Å². The third-order valence-electron chi connectivity index (χ3n) is 4.38. The van der Waals surface area contributed by atoms with Crippen LogP contribution in [0.2, 0.25) is 0 Å². The van der Waals surface area contributed by atoms with E-state index in [9.17, 15) is 13.2 Å². The Morgan fingerprint density at radius 2 is 2.11 bits per heavy atom. The molecule has 0 spiro atoms. The number of rotatable bonds is 4. The first-order valence-corrected chi connectivity index (χ1v) is 8.94. The van der Waals surface area contributed by atoms with Crippen molar-refractivity contribution >= 4 is 15.8 Å². The lowest BCUT2D eigenvalue weighted by atomic mass is 9.87. The molecule has 2 aliphatic heterocycles. The molecule has 5 nitrogen and oxygen atoms in total. The van der Waals surface area contributed by atoms with Crippen molar-refractivity contribution in [2.45, 2.75) is 38.6 Å². The SMILES string of the molecule is CC1NCCC1C(=O)CC1CCCN(S(C)(=O)=O)C1. The number of nitrogens with one attached hydrogen (secondary N) is 1. The summed E-state index contributed by atoms with van der Waals surface area (Å²) < 4.78 is 24.6. The van der Waals surface area contributed by atoms with Crippen molar-refractivity contribution in [3.8, 4) is 0 Å². The van der Waals surface area contributed by atoms with Gasteiger partial charge in [-0.2, -0.15) is 0 Å². The van der Waals surface area contributed by atoms with E-state index >= 15 is 0 Å². The summed E-state index contributed by atoms with van der Waals surface area (Å²) >= 11 is 0. The lowest BCUT2D eigenvalue weighted by Crippen LogP contribution is -2.40. The maximum Gasteiger partial charge on any atom is 0.211 e. The Morgan fingerprint density at radius 3 is 2.68 bits per heavy atom. The number of ketones is 1. The van der Waals surface area contributed by atoms with Crippen molar-refractivity contribution in [3.05, 3.63) is 0 Å². The zero-order valence-corrected chi connectivity index (χ0v) is 12.6. The topological polar surface area (TPSA) is 66.5 Å². The third kappa shape index (κ3) is 3.77. The molecule has 19 heavy (non-hydrogen) atoms. The zero-order valence-electron chi connectivity index (χ0n) is 11.8. The van der Waals surface area contributed by atoms with Gasteiger partial charge in [0.1, 0.15) is 5.78 Å². The van der Waals surface area contributed by atoms with E-state index in [-0.39, 0.29) is 17.9 Å². The summed E-state index contributed by atoms with van der Waals surface area (Å²) in [5, 5.41) is 3.29. The molecule has 6 heteroatoms. The van der Waals surface area contributed by atoms with Gasteiger partial charge in [0.25, 0.3) is 0 Å². The van der Waals surface area contributed by atoms with E-state index in [1.54, 1.807) is 0 Å². The Hall–Kier alpha value is -0.460. The molecule has 2 fully saturated rings. The Labute approximate surface area is 115 Å². The van der Waals surface area contributed by atoms with E-state index in [1.807, 2.05) is 0 Å². The van der Waals surface area contributed by atoms with Gasteiger partial charge in [-0.15, -0.1) is 0 Å². The first-order chi connectivity index (χ1) is 8.88. The lowest BCUT2D eigenvalue weighted by molar-refractivity contribution is -0.124. The predicted molar refractivity (Wildman–Crippen MR) is 74.3 cm³/mol. The van der Waals surface area contributed by atoms with E-state index in [0.717, 1.165) is 25.8 Å². The number of nitrogens with zero attached hydrogens (tertiary/aromatic N) is 1. The van der Waals surface area contributed by atoms with Gasteiger partial charge in [-0.3, -0.25) is 4.79 Å². The van der Waals surface area contributed by atoms with E-state index in [2.05, 4.69) is 12.2 Å². The van der Waals surface area contributed by atoms with Gasteiger partial charge in [-0.25, -0.2) is 12.7 Å². The number of hydrogen-bond acceptors (Lipinski definition) is 4. The van der Waals surface area contributed by atoms with Crippen LogP contribution in [0, 0.1) is 11.8 Å². The molecule has 0 aromatic heterocycles. The van der Waals surface area contributed by atoms with Crippen LogP contribution in [0.25, 0.3) is 0 Å². The number of carbonyl (C=O) groups is 1. The summed E-state index contributed by atoms with van der Waals surface area (Å²) in [6, 6.07) is 0.266. The van der Waals surface area contributed by atoms with Gasteiger partial charge in [0.05, 0.1) is 6.26 Å². The number of sulfonamides is 1. The summed E-state index contributed by atoms with van der Waals surface area (Å²) in [6.07, 6.45) is 4.53. The summed E-state index contributed by atoms with van der Waals surface area (Å²) in [5.41, 5.74) is 0. The molecule has 2 rings (SSSR count). The van der Waals surface area contributed by atoms with Gasteiger partial charge in [-0.1, -0.05) is 0 Å². The van der Waals surface area contributed by atoms with Crippen LogP contribution in [0.4, 0.5) is 0 Å². The van der Waals surface area contributed by atoms with E-state index in [1.165, 1.54) is 10.6 Å². The number of piperidine rings is 1. The largest absolute Gasteiger partial charge is 0.314 e. The minimum atomic E-state index is -3.11. The molecule has 1 N–H and O–H groups in total. The maximum atomic E-state index is 12.3. The van der Waals surface area contributed by atoms with Gasteiger partial charge in [-0.05, 0) is 38.6 Å². The van der Waals surface area contributed by atoms with Crippen LogP contribution < -0.4 is 5.32 Å². The molecule has 2 heterocycles. The lowest BCUT2D eigenvalue weighted by Gasteiger charge is -2.31. The Bertz CT molecular complexity index is 435. The molecule has 3 atom stereocenters. The van der Waals surface area contributed by atoms with Gasteiger partial charge in [0, 0.05) is 31.5 Å². The molecule has 2 saturated heterocycles. The van der Waals surface area contributed by atoms with Crippen LogP contribution in [0.1, 0.15) is 32.6 Å². The van der Waals surface area contributed by atoms with Crippen LogP contribution in [-0.2, 0) is 14.8 Å². The number of carbonyl (C=O) groups excluding carboxylic acids is 1. The molecule has 0 aliphatic carbocycles. The normalized spacial score (nSPS) is 33.5. The van der Waals surface area contributed by atoms with Crippen molar-refractivity contribution in [1.29, 1.82) is 0 Å². The van der Waals surface area contributed by atoms with E-state index < -0.39 is 10.0 Å². The fraction of sp³-hybridized carbons (Fsp3) is 0.923. The van der Waals surface area contributed by atoms with Crippen LogP contribution >= 0.6 is 0 Å². The summed E-state index contributed by atoms with van der Waals surface area (Å²) in [6.45, 7) is 4.08.